The summed E-state index contributed by atoms with van der Waals surface area (Å²) in [6.45, 7) is 4.03. The zero-order chi connectivity index (χ0) is 14.3. The molecule has 0 saturated carbocycles. The molecule has 4 nitrogen and oxygen atoms in total. The van der Waals surface area contributed by atoms with Gasteiger partial charge in [-0.15, -0.1) is 0 Å². The van der Waals surface area contributed by atoms with Crippen molar-refractivity contribution in [1.82, 2.24) is 10.6 Å². The first-order valence-corrected chi connectivity index (χ1v) is 6.84. The number of hydrogen-bond acceptors (Lipinski definition) is 2. The van der Waals surface area contributed by atoms with Crippen LogP contribution in [0, 0.1) is 0 Å². The van der Waals surface area contributed by atoms with Gasteiger partial charge in [0, 0.05) is 17.1 Å². The molecular weight excluding hydrogens is 308 g/mol. The Kier molecular flexibility index (Phi) is 6.29. The van der Waals surface area contributed by atoms with Crippen molar-refractivity contribution in [2.45, 2.75) is 19.9 Å². The smallest absolute Gasteiger partial charge is 0.244 e. The van der Waals surface area contributed by atoms with Crippen molar-refractivity contribution in [2.24, 2.45) is 0 Å². The van der Waals surface area contributed by atoms with Gasteiger partial charge in [-0.2, -0.15) is 0 Å². The molecule has 0 bridgehead atoms. The molecule has 5 heteroatoms. The van der Waals surface area contributed by atoms with E-state index in [0.717, 1.165) is 10.0 Å². The molecule has 0 aliphatic heterocycles. The molecular formula is C14H17BrN2O2. The maximum Gasteiger partial charge on any atom is 0.244 e. The third kappa shape index (κ3) is 5.26. The second-order valence-corrected chi connectivity index (χ2v) is 4.83. The highest BCUT2D eigenvalue weighted by molar-refractivity contribution is 9.10. The molecule has 2 amide bonds. The van der Waals surface area contributed by atoms with Crippen LogP contribution >= 0.6 is 15.9 Å². The van der Waals surface area contributed by atoms with Crippen LogP contribution in [0.5, 0.6) is 0 Å². The fraction of sp³-hybridized carbons (Fsp3) is 0.286. The van der Waals surface area contributed by atoms with E-state index in [-0.39, 0.29) is 11.8 Å². The van der Waals surface area contributed by atoms with Crippen molar-refractivity contribution in [3.63, 3.8) is 0 Å². The van der Waals surface area contributed by atoms with E-state index in [1.807, 2.05) is 31.2 Å². The van der Waals surface area contributed by atoms with Crippen LogP contribution in [-0.4, -0.2) is 24.4 Å². The predicted molar refractivity (Wildman–Crippen MR) is 79.5 cm³/mol. The van der Waals surface area contributed by atoms with Gasteiger partial charge in [0.2, 0.25) is 11.8 Å². The van der Waals surface area contributed by atoms with Gasteiger partial charge in [0.15, 0.2) is 0 Å². The first kappa shape index (κ1) is 15.4. The summed E-state index contributed by atoms with van der Waals surface area (Å²) in [5, 5.41) is 5.25. The third-order valence-electron chi connectivity index (χ3n) is 2.42. The number of carbonyl (C=O) groups is 2. The van der Waals surface area contributed by atoms with Gasteiger partial charge >= 0.3 is 0 Å². The Morgan fingerprint density at radius 3 is 2.68 bits per heavy atom. The third-order valence-corrected chi connectivity index (χ3v) is 3.14. The molecule has 19 heavy (non-hydrogen) atoms. The lowest BCUT2D eigenvalue weighted by molar-refractivity contribution is -0.126. The molecule has 1 atom stereocenters. The minimum Gasteiger partial charge on any atom is -0.355 e. The first-order chi connectivity index (χ1) is 9.04. The van der Waals surface area contributed by atoms with Crippen molar-refractivity contribution in [3.05, 3.63) is 40.4 Å². The van der Waals surface area contributed by atoms with E-state index in [4.69, 9.17) is 0 Å². The van der Waals surface area contributed by atoms with E-state index in [1.54, 1.807) is 13.0 Å². The van der Waals surface area contributed by atoms with E-state index in [2.05, 4.69) is 26.6 Å². The number of nitrogens with one attached hydrogen (secondary N) is 2. The summed E-state index contributed by atoms with van der Waals surface area (Å²) in [4.78, 5) is 23.1. The summed E-state index contributed by atoms with van der Waals surface area (Å²) in [5.74, 6) is -0.486. The number of rotatable bonds is 5. The number of carbonyl (C=O) groups excluding carboxylic acids is 2. The normalized spacial score (nSPS) is 12.2. The second kappa shape index (κ2) is 7.74. The van der Waals surface area contributed by atoms with E-state index in [0.29, 0.717) is 6.54 Å². The van der Waals surface area contributed by atoms with Gasteiger partial charge in [0.25, 0.3) is 0 Å². The maximum absolute atomic E-state index is 11.7. The number of likely N-dealkylation sites (N-methyl/N-ethyl adjacent to an activating group) is 1. The molecule has 0 aliphatic rings. The van der Waals surface area contributed by atoms with Gasteiger partial charge in [0.1, 0.15) is 6.04 Å². The molecule has 0 aromatic heterocycles. The van der Waals surface area contributed by atoms with E-state index < -0.39 is 6.04 Å². The standard InChI is InChI=1S/C14H17BrN2O2/c1-3-16-14(19)10(2)17-13(18)9-8-11-6-4-5-7-12(11)15/h4-10H,3H2,1-2H3,(H,16,19)(H,17,18)/b9-8+. The Morgan fingerprint density at radius 2 is 2.05 bits per heavy atom. The van der Waals surface area contributed by atoms with Crippen molar-refractivity contribution in [2.75, 3.05) is 6.54 Å². The minimum absolute atomic E-state index is 0.190. The van der Waals surface area contributed by atoms with Crippen LogP contribution in [0.2, 0.25) is 0 Å². The summed E-state index contributed by atoms with van der Waals surface area (Å²) < 4.78 is 0.913. The minimum atomic E-state index is -0.545. The monoisotopic (exact) mass is 324 g/mol. The highest BCUT2D eigenvalue weighted by atomic mass is 79.9. The summed E-state index contributed by atoms with van der Waals surface area (Å²) in [5.41, 5.74) is 0.906. The molecule has 0 heterocycles. The van der Waals surface area contributed by atoms with Crippen LogP contribution < -0.4 is 10.6 Å². The lowest BCUT2D eigenvalue weighted by atomic mass is 10.2. The summed E-state index contributed by atoms with van der Waals surface area (Å²) in [6, 6.07) is 7.03. The fourth-order valence-corrected chi connectivity index (χ4v) is 1.85. The quantitative estimate of drug-likeness (QED) is 0.815. The highest BCUT2D eigenvalue weighted by Gasteiger charge is 2.12. The van der Waals surface area contributed by atoms with Crippen LogP contribution in [0.1, 0.15) is 19.4 Å². The number of hydrogen-bond donors (Lipinski definition) is 2. The van der Waals surface area contributed by atoms with Gasteiger partial charge in [-0.1, -0.05) is 34.1 Å². The SMILES string of the molecule is CCNC(=O)C(C)NC(=O)/C=C/c1ccccc1Br. The molecule has 1 aromatic carbocycles. The number of benzene rings is 1. The molecule has 0 spiro atoms. The van der Waals surface area contributed by atoms with Crippen LogP contribution in [0.3, 0.4) is 0 Å². The van der Waals surface area contributed by atoms with Crippen LogP contribution in [0.15, 0.2) is 34.8 Å². The molecule has 0 radical (unpaired) electrons. The van der Waals surface area contributed by atoms with Gasteiger partial charge < -0.3 is 10.6 Å². The van der Waals surface area contributed by atoms with Gasteiger partial charge in [-0.05, 0) is 31.6 Å². The molecule has 1 aromatic rings. The largest absolute Gasteiger partial charge is 0.355 e. The van der Waals surface area contributed by atoms with E-state index in [9.17, 15) is 9.59 Å². The predicted octanol–water partition coefficient (Wildman–Crippen LogP) is 2.10. The summed E-state index contributed by atoms with van der Waals surface area (Å²) >= 11 is 3.39. The Balaban J connectivity index is 2.56. The van der Waals surface area contributed by atoms with Crippen molar-refractivity contribution in [3.8, 4) is 0 Å². The van der Waals surface area contributed by atoms with Gasteiger partial charge in [-0.3, -0.25) is 9.59 Å². The van der Waals surface area contributed by atoms with Crippen molar-refractivity contribution >= 4 is 33.8 Å². The summed E-state index contributed by atoms with van der Waals surface area (Å²) in [6.07, 6.45) is 3.11. The maximum atomic E-state index is 11.7. The Bertz CT molecular complexity index is 486. The van der Waals surface area contributed by atoms with Crippen LogP contribution in [-0.2, 0) is 9.59 Å². The average Bonchev–Trinajstić information content (AvgIpc) is 2.38. The topological polar surface area (TPSA) is 58.2 Å². The molecule has 1 unspecified atom stereocenters. The summed E-state index contributed by atoms with van der Waals surface area (Å²) in [7, 11) is 0. The number of halogens is 1. The molecule has 0 saturated heterocycles. The average molecular weight is 325 g/mol. The van der Waals surface area contributed by atoms with Crippen LogP contribution in [0.4, 0.5) is 0 Å². The van der Waals surface area contributed by atoms with Crippen LogP contribution in [0.25, 0.3) is 6.08 Å². The molecule has 2 N–H and O–H groups in total. The number of amides is 2. The van der Waals surface area contributed by atoms with Gasteiger partial charge in [-0.25, -0.2) is 0 Å². The lowest BCUT2D eigenvalue weighted by Crippen LogP contribution is -2.44. The van der Waals surface area contributed by atoms with Crippen molar-refractivity contribution < 1.29 is 9.59 Å². The van der Waals surface area contributed by atoms with Crippen molar-refractivity contribution in [1.29, 1.82) is 0 Å². The molecule has 1 rings (SSSR count). The molecule has 0 aliphatic carbocycles. The Hall–Kier alpha value is -1.62. The lowest BCUT2D eigenvalue weighted by Gasteiger charge is -2.11. The van der Waals surface area contributed by atoms with E-state index in [1.165, 1.54) is 6.08 Å². The molecule has 102 valence electrons. The highest BCUT2D eigenvalue weighted by Crippen LogP contribution is 2.16. The van der Waals surface area contributed by atoms with E-state index >= 15 is 0 Å². The zero-order valence-electron chi connectivity index (χ0n) is 10.9. The second-order valence-electron chi connectivity index (χ2n) is 3.98. The Morgan fingerprint density at radius 1 is 1.37 bits per heavy atom. The first-order valence-electron chi connectivity index (χ1n) is 6.05. The van der Waals surface area contributed by atoms with Gasteiger partial charge in [0.05, 0.1) is 0 Å². The molecule has 0 fully saturated rings. The zero-order valence-corrected chi connectivity index (χ0v) is 12.5. The fourth-order valence-electron chi connectivity index (χ4n) is 1.43. The Labute approximate surface area is 121 Å².